The minimum atomic E-state index is -0.289. The lowest BCUT2D eigenvalue weighted by Crippen LogP contribution is -1.83. The van der Waals surface area contributed by atoms with Crippen molar-refractivity contribution in [2.45, 2.75) is 6.42 Å². The molecule has 0 fully saturated rings. The van der Waals surface area contributed by atoms with E-state index in [1.807, 2.05) is 12.2 Å². The van der Waals surface area contributed by atoms with Gasteiger partial charge >= 0.3 is 0 Å². The lowest BCUT2D eigenvalue weighted by atomic mass is 10.2. The zero-order chi connectivity index (χ0) is 10.6. The fourth-order valence-electron chi connectivity index (χ4n) is 0.988. The van der Waals surface area contributed by atoms with Crippen LogP contribution >= 0.6 is 31.9 Å². The van der Waals surface area contributed by atoms with Crippen molar-refractivity contribution < 1.29 is 9.50 Å². The van der Waals surface area contributed by atoms with Crippen molar-refractivity contribution in [3.8, 4) is 0 Å². The molecule has 0 unspecified atom stereocenters. The van der Waals surface area contributed by atoms with Crippen molar-refractivity contribution >= 4 is 37.9 Å². The van der Waals surface area contributed by atoms with Gasteiger partial charge in [0, 0.05) is 21.1 Å². The number of aliphatic hydroxyl groups is 1. The molecule has 0 heterocycles. The molecule has 0 amide bonds. The number of hydrogen-bond donors (Lipinski definition) is 1. The Labute approximate surface area is 98.9 Å². The SMILES string of the molecule is OCCC=Cc1c(Br)cc(F)cc1Br. The van der Waals surface area contributed by atoms with Gasteiger partial charge in [-0.25, -0.2) is 4.39 Å². The van der Waals surface area contributed by atoms with Gasteiger partial charge in [0.2, 0.25) is 0 Å². The molecule has 0 saturated heterocycles. The second kappa shape index (κ2) is 5.63. The van der Waals surface area contributed by atoms with Gasteiger partial charge in [-0.3, -0.25) is 0 Å². The molecular formula is C10H9Br2FO. The molecule has 76 valence electrons. The highest BCUT2D eigenvalue weighted by molar-refractivity contribution is 9.11. The maximum atomic E-state index is 12.9. The summed E-state index contributed by atoms with van der Waals surface area (Å²) >= 11 is 6.53. The van der Waals surface area contributed by atoms with E-state index in [1.165, 1.54) is 12.1 Å². The Morgan fingerprint density at radius 1 is 1.29 bits per heavy atom. The Hall–Kier alpha value is -0.190. The van der Waals surface area contributed by atoms with E-state index in [2.05, 4.69) is 31.9 Å². The third kappa shape index (κ3) is 3.19. The van der Waals surface area contributed by atoms with Gasteiger partial charge in [0.05, 0.1) is 0 Å². The number of benzene rings is 1. The number of rotatable bonds is 3. The Morgan fingerprint density at radius 3 is 2.36 bits per heavy atom. The molecule has 1 rings (SSSR count). The Bertz CT molecular complexity index is 327. The van der Waals surface area contributed by atoms with Crippen molar-refractivity contribution in [2.24, 2.45) is 0 Å². The maximum Gasteiger partial charge on any atom is 0.125 e. The van der Waals surface area contributed by atoms with Gasteiger partial charge in [0.1, 0.15) is 5.82 Å². The molecule has 0 aliphatic rings. The molecule has 0 saturated carbocycles. The van der Waals surface area contributed by atoms with Crippen LogP contribution in [-0.2, 0) is 0 Å². The molecule has 14 heavy (non-hydrogen) atoms. The van der Waals surface area contributed by atoms with Crippen LogP contribution in [0.25, 0.3) is 6.08 Å². The van der Waals surface area contributed by atoms with Crippen LogP contribution in [0.15, 0.2) is 27.2 Å². The summed E-state index contributed by atoms with van der Waals surface area (Å²) in [6, 6.07) is 2.81. The summed E-state index contributed by atoms with van der Waals surface area (Å²) in [5, 5.41) is 8.59. The average molecular weight is 324 g/mol. The lowest BCUT2D eigenvalue weighted by Gasteiger charge is -2.02. The first kappa shape index (κ1) is 11.9. The van der Waals surface area contributed by atoms with E-state index in [-0.39, 0.29) is 12.4 Å². The van der Waals surface area contributed by atoms with E-state index in [0.717, 1.165) is 5.56 Å². The largest absolute Gasteiger partial charge is 0.396 e. The van der Waals surface area contributed by atoms with Crippen LogP contribution in [0.2, 0.25) is 0 Å². The van der Waals surface area contributed by atoms with Crippen LogP contribution in [0.5, 0.6) is 0 Å². The van der Waals surface area contributed by atoms with Crippen molar-refractivity contribution in [2.75, 3.05) is 6.61 Å². The topological polar surface area (TPSA) is 20.2 Å². The highest BCUT2D eigenvalue weighted by Gasteiger charge is 2.03. The van der Waals surface area contributed by atoms with Gasteiger partial charge in [0.25, 0.3) is 0 Å². The number of aliphatic hydroxyl groups excluding tert-OH is 1. The highest BCUT2D eigenvalue weighted by atomic mass is 79.9. The fraction of sp³-hybridized carbons (Fsp3) is 0.200. The summed E-state index contributed by atoms with van der Waals surface area (Å²) in [6.45, 7) is 0.118. The predicted molar refractivity (Wildman–Crippen MR) is 62.5 cm³/mol. The summed E-state index contributed by atoms with van der Waals surface area (Å²) in [4.78, 5) is 0. The van der Waals surface area contributed by atoms with Gasteiger partial charge in [-0.15, -0.1) is 0 Å². The molecule has 0 spiro atoms. The Balaban J connectivity index is 2.96. The monoisotopic (exact) mass is 322 g/mol. The van der Waals surface area contributed by atoms with Crippen molar-refractivity contribution in [1.82, 2.24) is 0 Å². The Morgan fingerprint density at radius 2 is 1.86 bits per heavy atom. The highest BCUT2D eigenvalue weighted by Crippen LogP contribution is 2.28. The van der Waals surface area contributed by atoms with Crippen LogP contribution < -0.4 is 0 Å². The second-order valence-electron chi connectivity index (χ2n) is 2.70. The van der Waals surface area contributed by atoms with Crippen molar-refractivity contribution in [3.63, 3.8) is 0 Å². The molecule has 0 aliphatic heterocycles. The predicted octanol–water partition coefficient (Wildman–Crippen LogP) is 3.75. The van der Waals surface area contributed by atoms with Crippen LogP contribution in [0.4, 0.5) is 4.39 Å². The smallest absolute Gasteiger partial charge is 0.125 e. The number of hydrogen-bond acceptors (Lipinski definition) is 1. The third-order valence-electron chi connectivity index (χ3n) is 1.62. The fourth-order valence-corrected chi connectivity index (χ4v) is 2.38. The van der Waals surface area contributed by atoms with Crippen molar-refractivity contribution in [3.05, 3.63) is 38.5 Å². The molecule has 1 aromatic carbocycles. The minimum Gasteiger partial charge on any atom is -0.396 e. The first-order valence-electron chi connectivity index (χ1n) is 4.07. The molecular weight excluding hydrogens is 315 g/mol. The van der Waals surface area contributed by atoms with Gasteiger partial charge < -0.3 is 5.11 Å². The average Bonchev–Trinajstić information content (AvgIpc) is 2.09. The molecule has 1 aromatic rings. The second-order valence-corrected chi connectivity index (χ2v) is 4.41. The van der Waals surface area contributed by atoms with Crippen LogP contribution in [-0.4, -0.2) is 11.7 Å². The van der Waals surface area contributed by atoms with Crippen molar-refractivity contribution in [1.29, 1.82) is 0 Å². The molecule has 0 bridgehead atoms. The summed E-state index contributed by atoms with van der Waals surface area (Å²) in [7, 11) is 0. The summed E-state index contributed by atoms with van der Waals surface area (Å²) < 4.78 is 14.3. The van der Waals surface area contributed by atoms with E-state index in [0.29, 0.717) is 15.4 Å². The normalized spacial score (nSPS) is 11.1. The lowest BCUT2D eigenvalue weighted by molar-refractivity contribution is 0.303. The van der Waals surface area contributed by atoms with Crippen LogP contribution in [0.3, 0.4) is 0 Å². The van der Waals surface area contributed by atoms with Crippen LogP contribution in [0, 0.1) is 5.82 Å². The Kier molecular flexibility index (Phi) is 4.78. The summed E-state index contributed by atoms with van der Waals surface area (Å²) in [5.74, 6) is -0.289. The molecule has 1 N–H and O–H groups in total. The van der Waals surface area contributed by atoms with E-state index in [4.69, 9.17) is 5.11 Å². The van der Waals surface area contributed by atoms with E-state index < -0.39 is 0 Å². The molecule has 0 radical (unpaired) electrons. The standard InChI is InChI=1S/C10H9Br2FO/c11-9-5-7(13)6-10(12)8(9)3-1-2-4-14/h1,3,5-6,14H,2,4H2. The zero-order valence-electron chi connectivity index (χ0n) is 7.30. The molecule has 0 aliphatic carbocycles. The van der Waals surface area contributed by atoms with E-state index >= 15 is 0 Å². The maximum absolute atomic E-state index is 12.9. The molecule has 4 heteroatoms. The van der Waals surface area contributed by atoms with Gasteiger partial charge in [-0.05, 0) is 18.6 Å². The van der Waals surface area contributed by atoms with Gasteiger partial charge in [-0.2, -0.15) is 0 Å². The molecule has 0 atom stereocenters. The summed E-state index contributed by atoms with van der Waals surface area (Å²) in [5.41, 5.74) is 0.875. The third-order valence-corrected chi connectivity index (χ3v) is 2.94. The first-order valence-corrected chi connectivity index (χ1v) is 5.65. The van der Waals surface area contributed by atoms with Gasteiger partial charge in [-0.1, -0.05) is 44.0 Å². The molecule has 1 nitrogen and oxygen atoms in total. The molecule has 0 aromatic heterocycles. The quantitative estimate of drug-likeness (QED) is 0.898. The van der Waals surface area contributed by atoms with Gasteiger partial charge in [0.15, 0.2) is 0 Å². The van der Waals surface area contributed by atoms with E-state index in [1.54, 1.807) is 0 Å². The zero-order valence-corrected chi connectivity index (χ0v) is 10.5. The first-order chi connectivity index (χ1) is 6.65. The van der Waals surface area contributed by atoms with Crippen LogP contribution in [0.1, 0.15) is 12.0 Å². The summed E-state index contributed by atoms with van der Waals surface area (Å²) in [6.07, 6.45) is 4.27. The number of halogens is 3. The minimum absolute atomic E-state index is 0.118. The van der Waals surface area contributed by atoms with E-state index in [9.17, 15) is 4.39 Å².